The summed E-state index contributed by atoms with van der Waals surface area (Å²) in [6, 6.07) is 0.0567. The molecule has 1 aliphatic rings. The van der Waals surface area contributed by atoms with E-state index in [4.69, 9.17) is 5.14 Å². The van der Waals surface area contributed by atoms with Crippen LogP contribution in [-0.2, 0) is 10.0 Å². The van der Waals surface area contributed by atoms with E-state index in [1.807, 2.05) is 13.8 Å². The number of carbonyl (C=O) groups excluding carboxylic acids is 1. The van der Waals surface area contributed by atoms with Crippen LogP contribution in [0.1, 0.15) is 48.9 Å². The topological polar surface area (TPSA) is 96.3 Å². The van der Waals surface area contributed by atoms with Crippen LogP contribution >= 0.6 is 0 Å². The Labute approximate surface area is 132 Å². The molecule has 124 valence electrons. The van der Waals surface area contributed by atoms with Gasteiger partial charge in [-0.05, 0) is 51.5 Å². The van der Waals surface area contributed by atoms with Crippen LogP contribution < -0.4 is 5.14 Å². The lowest BCUT2D eigenvalue weighted by atomic mass is 10.2. The highest BCUT2D eigenvalue weighted by atomic mass is 32.2. The monoisotopic (exact) mass is 327 g/mol. The second kappa shape index (κ2) is 5.70. The van der Waals surface area contributed by atoms with Gasteiger partial charge in [0.1, 0.15) is 10.6 Å². The first-order valence-electron chi connectivity index (χ1n) is 7.57. The summed E-state index contributed by atoms with van der Waals surface area (Å²) in [7, 11) is -3.84. The SMILES string of the molecule is Cc1[nH]c(C(=O)N(C[C@H]2C[C@@H]2C)C(C)C)c(C)c1S(N)(=O)=O. The van der Waals surface area contributed by atoms with Crippen LogP contribution in [0.5, 0.6) is 0 Å². The number of hydrogen-bond donors (Lipinski definition) is 2. The molecule has 1 saturated carbocycles. The highest BCUT2D eigenvalue weighted by Crippen LogP contribution is 2.39. The molecule has 7 heteroatoms. The third kappa shape index (κ3) is 3.20. The van der Waals surface area contributed by atoms with Gasteiger partial charge in [-0.15, -0.1) is 0 Å². The number of carbonyl (C=O) groups is 1. The first-order chi connectivity index (χ1) is 10.0. The smallest absolute Gasteiger partial charge is 0.270 e. The molecule has 0 aliphatic heterocycles. The maximum absolute atomic E-state index is 12.8. The second-order valence-corrected chi connectivity index (χ2v) is 8.15. The minimum Gasteiger partial charge on any atom is -0.353 e. The van der Waals surface area contributed by atoms with Crippen molar-refractivity contribution in [2.24, 2.45) is 17.0 Å². The number of nitrogens with two attached hydrogens (primary N) is 1. The first kappa shape index (κ1) is 17.0. The fraction of sp³-hybridized carbons (Fsp3) is 0.667. The fourth-order valence-electron chi connectivity index (χ4n) is 2.95. The van der Waals surface area contributed by atoms with Crippen molar-refractivity contribution in [2.75, 3.05) is 6.54 Å². The molecule has 0 aromatic carbocycles. The molecule has 2 rings (SSSR count). The fourth-order valence-corrected chi connectivity index (χ4v) is 3.96. The standard InChI is InChI=1S/C15H25N3O3S/c1-8(2)18(7-12-6-9(12)3)15(19)13-10(4)14(11(5)17-13)22(16,20)21/h8-9,12,17H,6-7H2,1-5H3,(H2,16,20,21)/t9-,12+/m0/s1. The quantitative estimate of drug-likeness (QED) is 0.863. The molecular weight excluding hydrogens is 302 g/mol. The summed E-state index contributed by atoms with van der Waals surface area (Å²) in [5.74, 6) is 1.03. The molecule has 2 atom stereocenters. The molecule has 0 spiro atoms. The lowest BCUT2D eigenvalue weighted by Crippen LogP contribution is -2.39. The third-order valence-electron chi connectivity index (χ3n) is 4.46. The molecule has 1 fully saturated rings. The van der Waals surface area contributed by atoms with Gasteiger partial charge < -0.3 is 9.88 Å². The Hall–Kier alpha value is -1.34. The molecule has 3 N–H and O–H groups in total. The molecule has 6 nitrogen and oxygen atoms in total. The highest BCUT2D eigenvalue weighted by Gasteiger charge is 2.37. The Morgan fingerprint density at radius 2 is 1.95 bits per heavy atom. The lowest BCUT2D eigenvalue weighted by molar-refractivity contribution is 0.0687. The van der Waals surface area contributed by atoms with Crippen molar-refractivity contribution in [1.82, 2.24) is 9.88 Å². The molecule has 0 unspecified atom stereocenters. The van der Waals surface area contributed by atoms with E-state index in [0.717, 1.165) is 6.42 Å². The lowest BCUT2D eigenvalue weighted by Gasteiger charge is -2.27. The second-order valence-electron chi connectivity index (χ2n) is 6.65. The van der Waals surface area contributed by atoms with Gasteiger partial charge in [0.05, 0.1) is 0 Å². The van der Waals surface area contributed by atoms with Gasteiger partial charge in [0.2, 0.25) is 10.0 Å². The van der Waals surface area contributed by atoms with Crippen molar-refractivity contribution >= 4 is 15.9 Å². The number of H-pyrrole nitrogens is 1. The molecule has 22 heavy (non-hydrogen) atoms. The zero-order chi connectivity index (χ0) is 16.8. The van der Waals surface area contributed by atoms with E-state index in [1.54, 1.807) is 18.7 Å². The van der Waals surface area contributed by atoms with Crippen molar-refractivity contribution in [3.63, 3.8) is 0 Å². The van der Waals surface area contributed by atoms with E-state index < -0.39 is 10.0 Å². The molecule has 1 amide bonds. The van der Waals surface area contributed by atoms with Crippen LogP contribution in [0, 0.1) is 25.7 Å². The van der Waals surface area contributed by atoms with Crippen molar-refractivity contribution in [3.8, 4) is 0 Å². The predicted octanol–water partition coefficient (Wildman–Crippen LogP) is 1.79. The Morgan fingerprint density at radius 3 is 2.32 bits per heavy atom. The first-order valence-corrected chi connectivity index (χ1v) is 9.11. The zero-order valence-corrected chi connectivity index (χ0v) is 14.6. The Morgan fingerprint density at radius 1 is 1.41 bits per heavy atom. The summed E-state index contributed by atoms with van der Waals surface area (Å²) in [6.45, 7) is 10.1. The minimum absolute atomic E-state index is 0.0272. The third-order valence-corrected chi connectivity index (χ3v) is 5.64. The summed E-state index contributed by atoms with van der Waals surface area (Å²) < 4.78 is 23.4. The van der Waals surface area contributed by atoms with E-state index in [-0.39, 0.29) is 16.8 Å². The van der Waals surface area contributed by atoms with Crippen molar-refractivity contribution in [3.05, 3.63) is 17.0 Å². The number of nitrogens with zero attached hydrogens (tertiary/aromatic N) is 1. The summed E-state index contributed by atoms with van der Waals surface area (Å²) in [5, 5.41) is 5.24. The van der Waals surface area contributed by atoms with Gasteiger partial charge in [-0.1, -0.05) is 6.92 Å². The van der Waals surface area contributed by atoms with Crippen molar-refractivity contribution in [2.45, 2.75) is 52.0 Å². The van der Waals surface area contributed by atoms with Gasteiger partial charge >= 0.3 is 0 Å². The van der Waals surface area contributed by atoms with Crippen molar-refractivity contribution in [1.29, 1.82) is 0 Å². The van der Waals surface area contributed by atoms with Crippen LogP contribution in [-0.4, -0.2) is 36.8 Å². The number of aryl methyl sites for hydroxylation is 1. The Balaban J connectivity index is 2.35. The number of aromatic nitrogens is 1. The van der Waals surface area contributed by atoms with Crippen LogP contribution in [0.2, 0.25) is 0 Å². The number of amides is 1. The maximum Gasteiger partial charge on any atom is 0.270 e. The number of nitrogens with one attached hydrogen (secondary N) is 1. The van der Waals surface area contributed by atoms with Crippen LogP contribution in [0.4, 0.5) is 0 Å². The molecule has 1 aromatic heterocycles. The summed E-state index contributed by atoms with van der Waals surface area (Å²) in [5.41, 5.74) is 1.13. The van der Waals surface area contributed by atoms with E-state index in [9.17, 15) is 13.2 Å². The minimum atomic E-state index is -3.84. The van der Waals surface area contributed by atoms with Crippen LogP contribution in [0.25, 0.3) is 0 Å². The summed E-state index contributed by atoms with van der Waals surface area (Å²) >= 11 is 0. The number of primary sulfonamides is 1. The van der Waals surface area contributed by atoms with Gasteiger partial charge in [0.15, 0.2) is 0 Å². The van der Waals surface area contributed by atoms with Crippen molar-refractivity contribution < 1.29 is 13.2 Å². The normalized spacial score (nSPS) is 21.2. The highest BCUT2D eigenvalue weighted by molar-refractivity contribution is 7.89. The van der Waals surface area contributed by atoms with Gasteiger partial charge in [-0.3, -0.25) is 4.79 Å². The van der Waals surface area contributed by atoms with Gasteiger partial charge in [-0.25, -0.2) is 13.6 Å². The Kier molecular flexibility index (Phi) is 4.41. The molecule has 0 bridgehead atoms. The number of hydrogen-bond acceptors (Lipinski definition) is 3. The van der Waals surface area contributed by atoms with Gasteiger partial charge in [0, 0.05) is 18.3 Å². The van der Waals surface area contributed by atoms with E-state index >= 15 is 0 Å². The zero-order valence-electron chi connectivity index (χ0n) is 13.8. The maximum atomic E-state index is 12.8. The average Bonchev–Trinajstić information content (AvgIpc) is 2.96. The number of rotatable bonds is 5. The summed E-state index contributed by atoms with van der Waals surface area (Å²) in [6.07, 6.45) is 1.14. The van der Waals surface area contributed by atoms with Crippen LogP contribution in [0.15, 0.2) is 4.90 Å². The predicted molar refractivity (Wildman–Crippen MR) is 85.1 cm³/mol. The van der Waals surface area contributed by atoms with Gasteiger partial charge in [-0.2, -0.15) is 0 Å². The Bertz CT molecular complexity index is 691. The van der Waals surface area contributed by atoms with Gasteiger partial charge in [0.25, 0.3) is 5.91 Å². The molecule has 1 aromatic rings. The molecule has 0 saturated heterocycles. The average molecular weight is 327 g/mol. The van der Waals surface area contributed by atoms with E-state index in [1.165, 1.54) is 0 Å². The molecule has 1 aliphatic carbocycles. The number of sulfonamides is 1. The largest absolute Gasteiger partial charge is 0.353 e. The van der Waals surface area contributed by atoms with E-state index in [2.05, 4.69) is 11.9 Å². The van der Waals surface area contributed by atoms with E-state index in [0.29, 0.717) is 35.3 Å². The molecule has 1 heterocycles. The number of aromatic amines is 1. The van der Waals surface area contributed by atoms with Crippen LogP contribution in [0.3, 0.4) is 0 Å². The summed E-state index contributed by atoms with van der Waals surface area (Å²) in [4.78, 5) is 17.6. The molecular formula is C15H25N3O3S. The molecule has 0 radical (unpaired) electrons.